The number of hydrogen-bond donors (Lipinski definition) is 2. The van der Waals surface area contributed by atoms with Crippen LogP contribution in [0, 0.1) is 0 Å². The molecule has 5 nitrogen and oxygen atoms in total. The fourth-order valence-corrected chi connectivity index (χ4v) is 2.73. The fourth-order valence-electron chi connectivity index (χ4n) is 2.55. The van der Waals surface area contributed by atoms with Crippen molar-refractivity contribution in [3.63, 3.8) is 0 Å². The van der Waals surface area contributed by atoms with Crippen molar-refractivity contribution in [3.8, 4) is 5.75 Å². The lowest BCUT2D eigenvalue weighted by Gasteiger charge is -2.06. The van der Waals surface area contributed by atoms with Gasteiger partial charge in [-0.15, -0.1) is 0 Å². The lowest BCUT2D eigenvalue weighted by atomic mass is 10.1. The molecule has 1 aromatic heterocycles. The largest absolute Gasteiger partial charge is 0.497 e. The standard InChI is InChI=1S/C18H15ClN2O3/c1-10(22)20-16-14-7-6-12(19)9-15(14)21-17(16)18(23)11-4-3-5-13(8-11)24-2/h3-9,21H,1-2H3,(H,20,22). The zero-order chi connectivity index (χ0) is 17.3. The highest BCUT2D eigenvalue weighted by molar-refractivity contribution is 6.31. The minimum atomic E-state index is -0.259. The molecule has 122 valence electrons. The van der Waals surface area contributed by atoms with Gasteiger partial charge in [0.15, 0.2) is 0 Å². The van der Waals surface area contributed by atoms with E-state index in [1.165, 1.54) is 14.0 Å². The van der Waals surface area contributed by atoms with Crippen LogP contribution in [0.4, 0.5) is 5.69 Å². The maximum absolute atomic E-state index is 12.9. The van der Waals surface area contributed by atoms with E-state index >= 15 is 0 Å². The summed E-state index contributed by atoms with van der Waals surface area (Å²) in [7, 11) is 1.54. The Bertz CT molecular complexity index is 947. The molecular formula is C18H15ClN2O3. The summed E-state index contributed by atoms with van der Waals surface area (Å²) in [6.07, 6.45) is 0. The quantitative estimate of drug-likeness (QED) is 0.703. The van der Waals surface area contributed by atoms with E-state index in [1.54, 1.807) is 42.5 Å². The summed E-state index contributed by atoms with van der Waals surface area (Å²) >= 11 is 6.01. The van der Waals surface area contributed by atoms with Gasteiger partial charge >= 0.3 is 0 Å². The van der Waals surface area contributed by atoms with Gasteiger partial charge in [-0.3, -0.25) is 9.59 Å². The van der Waals surface area contributed by atoms with Gasteiger partial charge in [0.1, 0.15) is 11.4 Å². The van der Waals surface area contributed by atoms with Gasteiger partial charge in [0, 0.05) is 28.4 Å². The molecule has 0 unspecified atom stereocenters. The zero-order valence-corrected chi connectivity index (χ0v) is 13.9. The number of ketones is 1. The van der Waals surface area contributed by atoms with Crippen LogP contribution < -0.4 is 10.1 Å². The zero-order valence-electron chi connectivity index (χ0n) is 13.1. The van der Waals surface area contributed by atoms with E-state index in [1.807, 2.05) is 0 Å². The number of carbonyl (C=O) groups excluding carboxylic acids is 2. The minimum absolute atomic E-state index is 0.245. The van der Waals surface area contributed by atoms with Gasteiger partial charge in [-0.2, -0.15) is 0 Å². The SMILES string of the molecule is COc1cccc(C(=O)c2[nH]c3cc(Cl)ccc3c2NC(C)=O)c1. The maximum Gasteiger partial charge on any atom is 0.221 e. The number of H-pyrrole nitrogens is 1. The van der Waals surface area contributed by atoms with E-state index in [-0.39, 0.29) is 11.7 Å². The van der Waals surface area contributed by atoms with E-state index in [0.717, 1.165) is 5.39 Å². The number of methoxy groups -OCH3 is 1. The molecule has 0 aliphatic carbocycles. The number of hydrogen-bond acceptors (Lipinski definition) is 3. The van der Waals surface area contributed by atoms with Crippen molar-refractivity contribution < 1.29 is 14.3 Å². The molecule has 1 amide bonds. The molecule has 6 heteroatoms. The summed E-state index contributed by atoms with van der Waals surface area (Å²) in [6.45, 7) is 1.40. The molecule has 0 radical (unpaired) electrons. The Morgan fingerprint density at radius 1 is 1.17 bits per heavy atom. The second-order valence-corrected chi connectivity index (χ2v) is 5.74. The van der Waals surface area contributed by atoms with Crippen molar-refractivity contribution in [2.45, 2.75) is 6.92 Å². The van der Waals surface area contributed by atoms with Gasteiger partial charge in [-0.05, 0) is 30.3 Å². The molecule has 0 aliphatic heterocycles. The molecule has 3 rings (SSSR count). The number of carbonyl (C=O) groups is 2. The van der Waals surface area contributed by atoms with E-state index in [2.05, 4.69) is 10.3 Å². The first-order valence-electron chi connectivity index (χ1n) is 7.27. The third kappa shape index (κ3) is 2.98. The molecule has 1 heterocycles. The highest BCUT2D eigenvalue weighted by Gasteiger charge is 2.20. The van der Waals surface area contributed by atoms with Gasteiger partial charge in [-0.25, -0.2) is 0 Å². The van der Waals surface area contributed by atoms with Crippen LogP contribution in [-0.2, 0) is 4.79 Å². The number of benzene rings is 2. The van der Waals surface area contributed by atoms with Crippen LogP contribution in [0.2, 0.25) is 5.02 Å². The van der Waals surface area contributed by atoms with Crippen LogP contribution in [0.25, 0.3) is 10.9 Å². The average molecular weight is 343 g/mol. The molecule has 24 heavy (non-hydrogen) atoms. The predicted molar refractivity (Wildman–Crippen MR) is 94.0 cm³/mol. The Hall–Kier alpha value is -2.79. The van der Waals surface area contributed by atoms with Gasteiger partial charge in [0.05, 0.1) is 12.8 Å². The molecule has 0 bridgehead atoms. The molecular weight excluding hydrogens is 328 g/mol. The Morgan fingerprint density at radius 3 is 2.67 bits per heavy atom. The molecule has 0 saturated carbocycles. The highest BCUT2D eigenvalue weighted by atomic mass is 35.5. The first-order chi connectivity index (χ1) is 11.5. The van der Waals surface area contributed by atoms with Crippen LogP contribution in [0.3, 0.4) is 0 Å². The Balaban J connectivity index is 2.16. The van der Waals surface area contributed by atoms with E-state index < -0.39 is 0 Å². The molecule has 0 fully saturated rings. The van der Waals surface area contributed by atoms with Crippen LogP contribution in [0.15, 0.2) is 42.5 Å². The normalized spacial score (nSPS) is 10.6. The number of amides is 1. The summed E-state index contributed by atoms with van der Waals surface area (Å²) in [5.74, 6) is 0.0802. The average Bonchev–Trinajstić information content (AvgIpc) is 2.91. The lowest BCUT2D eigenvalue weighted by molar-refractivity contribution is -0.114. The summed E-state index contributed by atoms with van der Waals surface area (Å²) in [5, 5.41) is 3.99. The maximum atomic E-state index is 12.9. The second kappa shape index (κ2) is 6.37. The highest BCUT2D eigenvalue weighted by Crippen LogP contribution is 2.31. The first-order valence-corrected chi connectivity index (χ1v) is 7.65. The number of halogens is 1. The molecule has 3 aromatic rings. The molecule has 0 aliphatic rings. The number of ether oxygens (including phenoxy) is 1. The van der Waals surface area contributed by atoms with E-state index in [4.69, 9.17) is 16.3 Å². The van der Waals surface area contributed by atoms with Crippen LogP contribution in [0.1, 0.15) is 23.0 Å². The number of fused-ring (bicyclic) bond motifs is 1. The third-order valence-corrected chi connectivity index (χ3v) is 3.86. The van der Waals surface area contributed by atoms with Crippen LogP contribution >= 0.6 is 11.6 Å². The second-order valence-electron chi connectivity index (χ2n) is 5.31. The van der Waals surface area contributed by atoms with Crippen molar-refractivity contribution in [1.82, 2.24) is 4.98 Å². The summed E-state index contributed by atoms with van der Waals surface area (Å²) < 4.78 is 5.16. The van der Waals surface area contributed by atoms with Gasteiger partial charge in [0.25, 0.3) is 0 Å². The number of rotatable bonds is 4. The van der Waals surface area contributed by atoms with Gasteiger partial charge in [-0.1, -0.05) is 23.7 Å². The molecule has 0 spiro atoms. The molecule has 2 aromatic carbocycles. The minimum Gasteiger partial charge on any atom is -0.497 e. The van der Waals surface area contributed by atoms with Crippen molar-refractivity contribution >= 4 is 39.9 Å². The number of aromatic nitrogens is 1. The number of aromatic amines is 1. The number of nitrogens with one attached hydrogen (secondary N) is 2. The third-order valence-electron chi connectivity index (χ3n) is 3.62. The van der Waals surface area contributed by atoms with Crippen LogP contribution in [-0.4, -0.2) is 23.8 Å². The van der Waals surface area contributed by atoms with Gasteiger partial charge < -0.3 is 15.0 Å². The van der Waals surface area contributed by atoms with Crippen molar-refractivity contribution in [2.24, 2.45) is 0 Å². The topological polar surface area (TPSA) is 71.2 Å². The predicted octanol–water partition coefficient (Wildman–Crippen LogP) is 4.02. The van der Waals surface area contributed by atoms with E-state index in [0.29, 0.717) is 33.2 Å². The summed E-state index contributed by atoms with van der Waals surface area (Å²) in [6, 6.07) is 12.0. The Kier molecular flexibility index (Phi) is 4.27. The Labute approximate surface area is 143 Å². The molecule has 0 atom stereocenters. The summed E-state index contributed by atoms with van der Waals surface area (Å²) in [4.78, 5) is 27.5. The van der Waals surface area contributed by atoms with Crippen LogP contribution in [0.5, 0.6) is 5.75 Å². The van der Waals surface area contributed by atoms with Gasteiger partial charge in [0.2, 0.25) is 11.7 Å². The monoisotopic (exact) mass is 342 g/mol. The first kappa shape index (κ1) is 16.1. The Morgan fingerprint density at radius 2 is 1.96 bits per heavy atom. The lowest BCUT2D eigenvalue weighted by Crippen LogP contribution is -2.11. The van der Waals surface area contributed by atoms with Crippen molar-refractivity contribution in [2.75, 3.05) is 12.4 Å². The van der Waals surface area contributed by atoms with E-state index in [9.17, 15) is 9.59 Å². The molecule has 2 N–H and O–H groups in total. The van der Waals surface area contributed by atoms with Crippen molar-refractivity contribution in [1.29, 1.82) is 0 Å². The molecule has 0 saturated heterocycles. The van der Waals surface area contributed by atoms with Crippen molar-refractivity contribution in [3.05, 3.63) is 58.7 Å². The fraction of sp³-hybridized carbons (Fsp3) is 0.111. The smallest absolute Gasteiger partial charge is 0.221 e. The summed E-state index contributed by atoms with van der Waals surface area (Å²) in [5.41, 5.74) is 1.88. The number of anilines is 1.